The van der Waals surface area contributed by atoms with Crippen LogP contribution in [0.25, 0.3) is 11.1 Å². The maximum atomic E-state index is 11.5. The number of rotatable bonds is 5. The molecule has 4 nitrogen and oxygen atoms in total. The Morgan fingerprint density at radius 3 is 2.45 bits per heavy atom. The normalized spacial score (nSPS) is 17.7. The van der Waals surface area contributed by atoms with E-state index in [1.54, 1.807) is 18.2 Å². The Labute approximate surface area is 202 Å². The number of carbonyl (C=O) groups is 1. The highest BCUT2D eigenvalue weighted by molar-refractivity contribution is 6.36. The van der Waals surface area contributed by atoms with Crippen LogP contribution in [0.3, 0.4) is 0 Å². The summed E-state index contributed by atoms with van der Waals surface area (Å²) < 4.78 is 6.09. The van der Waals surface area contributed by atoms with Gasteiger partial charge in [-0.3, -0.25) is 0 Å². The molecule has 0 saturated carbocycles. The summed E-state index contributed by atoms with van der Waals surface area (Å²) >= 11 is 12.8. The zero-order chi connectivity index (χ0) is 22.9. The van der Waals surface area contributed by atoms with Crippen LogP contribution < -0.4 is 10.1 Å². The summed E-state index contributed by atoms with van der Waals surface area (Å²) in [5.41, 5.74) is 6.53. The van der Waals surface area contributed by atoms with Crippen LogP contribution in [-0.4, -0.2) is 30.3 Å². The first kappa shape index (κ1) is 22.0. The van der Waals surface area contributed by atoms with E-state index in [1.165, 1.54) is 0 Å². The second-order valence-electron chi connectivity index (χ2n) is 8.41. The average Bonchev–Trinajstić information content (AvgIpc) is 3.32. The van der Waals surface area contributed by atoms with E-state index in [0.717, 1.165) is 71.5 Å². The van der Waals surface area contributed by atoms with Gasteiger partial charge in [-0.1, -0.05) is 47.5 Å². The second kappa shape index (κ2) is 9.22. The number of hydrogen-bond acceptors (Lipinski definition) is 3. The Bertz CT molecular complexity index is 1240. The van der Waals surface area contributed by atoms with Gasteiger partial charge in [-0.2, -0.15) is 0 Å². The molecule has 0 amide bonds. The average molecular weight is 480 g/mol. The molecular weight excluding hydrogens is 457 g/mol. The van der Waals surface area contributed by atoms with Crippen molar-refractivity contribution in [3.8, 4) is 5.75 Å². The lowest BCUT2D eigenvalue weighted by Crippen LogP contribution is -2.19. The van der Waals surface area contributed by atoms with Crippen molar-refractivity contribution < 1.29 is 14.6 Å². The quantitative estimate of drug-likeness (QED) is 0.448. The Hall–Kier alpha value is -2.79. The number of carboxylic acid groups (broad SMARTS) is 1. The molecule has 1 aliphatic carbocycles. The molecule has 2 aliphatic rings. The Morgan fingerprint density at radius 2 is 1.76 bits per heavy atom. The van der Waals surface area contributed by atoms with Gasteiger partial charge in [-0.25, -0.2) is 4.79 Å². The number of aromatic carboxylic acids is 1. The van der Waals surface area contributed by atoms with Gasteiger partial charge in [0, 0.05) is 16.6 Å². The van der Waals surface area contributed by atoms with Crippen molar-refractivity contribution >= 4 is 40.3 Å². The molecular formula is C27H23Cl2NO3. The Kier molecular flexibility index (Phi) is 6.15. The highest BCUT2D eigenvalue weighted by atomic mass is 35.5. The molecule has 3 aromatic carbocycles. The van der Waals surface area contributed by atoms with E-state index < -0.39 is 5.97 Å². The third kappa shape index (κ3) is 4.51. The summed E-state index contributed by atoms with van der Waals surface area (Å²) in [4.78, 5) is 11.5. The van der Waals surface area contributed by atoms with Gasteiger partial charge >= 0.3 is 5.97 Å². The number of hydrogen-bond donors (Lipinski definition) is 2. The van der Waals surface area contributed by atoms with Gasteiger partial charge in [-0.05, 0) is 95.6 Å². The van der Waals surface area contributed by atoms with Crippen molar-refractivity contribution in [3.05, 3.63) is 98.5 Å². The molecule has 1 saturated heterocycles. The molecule has 1 unspecified atom stereocenters. The van der Waals surface area contributed by atoms with Crippen LogP contribution >= 0.6 is 23.2 Å². The van der Waals surface area contributed by atoms with Crippen molar-refractivity contribution in [1.29, 1.82) is 0 Å². The van der Waals surface area contributed by atoms with Crippen molar-refractivity contribution in [3.63, 3.8) is 0 Å². The molecule has 3 aromatic rings. The van der Waals surface area contributed by atoms with Crippen LogP contribution in [-0.2, 0) is 6.42 Å². The van der Waals surface area contributed by atoms with Crippen molar-refractivity contribution in [1.82, 2.24) is 5.32 Å². The van der Waals surface area contributed by atoms with Crippen LogP contribution in [0, 0.1) is 0 Å². The number of ether oxygens (including phenoxy) is 1. The lowest BCUT2D eigenvalue weighted by atomic mass is 9.79. The fraction of sp³-hybridized carbons (Fsp3) is 0.222. The van der Waals surface area contributed by atoms with Crippen LogP contribution in [0.4, 0.5) is 0 Å². The lowest BCUT2D eigenvalue weighted by Gasteiger charge is -2.25. The number of fused-ring (bicyclic) bond motifs is 1. The smallest absolute Gasteiger partial charge is 0.335 e. The van der Waals surface area contributed by atoms with Crippen LogP contribution in [0.5, 0.6) is 5.75 Å². The topological polar surface area (TPSA) is 58.6 Å². The van der Waals surface area contributed by atoms with Crippen LogP contribution in [0.15, 0.2) is 60.7 Å². The number of carboxylic acids is 1. The molecule has 0 spiro atoms. The molecule has 0 radical (unpaired) electrons. The fourth-order valence-corrected chi connectivity index (χ4v) is 5.20. The van der Waals surface area contributed by atoms with Gasteiger partial charge in [0.15, 0.2) is 0 Å². The predicted octanol–water partition coefficient (Wildman–Crippen LogP) is 6.34. The zero-order valence-electron chi connectivity index (χ0n) is 17.9. The first-order valence-corrected chi connectivity index (χ1v) is 11.8. The number of halogens is 2. The Morgan fingerprint density at radius 1 is 0.970 bits per heavy atom. The molecule has 33 heavy (non-hydrogen) atoms. The molecule has 1 heterocycles. The van der Waals surface area contributed by atoms with Crippen molar-refractivity contribution in [2.75, 3.05) is 13.1 Å². The minimum atomic E-state index is -0.919. The molecule has 6 heteroatoms. The third-order valence-electron chi connectivity index (χ3n) is 6.28. The lowest BCUT2D eigenvalue weighted by molar-refractivity contribution is 0.0696. The second-order valence-corrected chi connectivity index (χ2v) is 9.26. The minimum Gasteiger partial charge on any atom is -0.489 e. The maximum absolute atomic E-state index is 11.5. The van der Waals surface area contributed by atoms with Crippen LogP contribution in [0.1, 0.15) is 45.5 Å². The van der Waals surface area contributed by atoms with Crippen molar-refractivity contribution in [2.45, 2.75) is 25.4 Å². The van der Waals surface area contributed by atoms with E-state index in [2.05, 4.69) is 17.4 Å². The number of nitrogens with one attached hydrogen (secondary N) is 1. The summed E-state index contributed by atoms with van der Waals surface area (Å²) in [5.74, 6) is -0.0749. The van der Waals surface area contributed by atoms with E-state index in [9.17, 15) is 9.90 Å². The maximum Gasteiger partial charge on any atom is 0.335 e. The molecule has 2 N–H and O–H groups in total. The number of benzene rings is 3. The largest absolute Gasteiger partial charge is 0.489 e. The summed E-state index contributed by atoms with van der Waals surface area (Å²) in [6.45, 7) is 1.85. The summed E-state index contributed by atoms with van der Waals surface area (Å²) in [6, 6.07) is 19.1. The van der Waals surface area contributed by atoms with Gasteiger partial charge in [-0.15, -0.1) is 0 Å². The van der Waals surface area contributed by atoms with E-state index in [-0.39, 0.29) is 6.10 Å². The minimum absolute atomic E-state index is 0.198. The number of aryl methyl sites for hydroxylation is 1. The molecule has 0 bridgehead atoms. The zero-order valence-corrected chi connectivity index (χ0v) is 19.4. The highest BCUT2D eigenvalue weighted by Gasteiger charge is 2.24. The summed E-state index contributed by atoms with van der Waals surface area (Å²) in [6.07, 6.45) is 2.69. The number of allylic oxidation sites excluding steroid dienone is 1. The van der Waals surface area contributed by atoms with Crippen LogP contribution in [0.2, 0.25) is 10.0 Å². The Balaban J connectivity index is 1.61. The van der Waals surface area contributed by atoms with E-state index in [1.807, 2.05) is 30.3 Å². The third-order valence-corrected chi connectivity index (χ3v) is 6.83. The van der Waals surface area contributed by atoms with Gasteiger partial charge in [0.25, 0.3) is 0 Å². The van der Waals surface area contributed by atoms with Gasteiger partial charge in [0.05, 0.1) is 5.56 Å². The summed E-state index contributed by atoms with van der Waals surface area (Å²) in [5, 5.41) is 14.0. The fourth-order valence-electron chi connectivity index (χ4n) is 4.68. The van der Waals surface area contributed by atoms with E-state index >= 15 is 0 Å². The molecule has 1 fully saturated rings. The van der Waals surface area contributed by atoms with E-state index in [0.29, 0.717) is 15.6 Å². The first-order valence-electron chi connectivity index (χ1n) is 11.0. The SMILES string of the molecule is O=C(O)c1ccc2c(c1)CCC(c1ccc(Cl)cc1Cl)=C2c1ccc(OC2CCNC2)cc1. The van der Waals surface area contributed by atoms with Gasteiger partial charge < -0.3 is 15.2 Å². The molecule has 0 aromatic heterocycles. The standard InChI is InChI=1S/C27H23Cl2NO3/c28-19-5-10-23(25(29)14-19)24-9-3-17-13-18(27(31)32)4-8-22(17)26(24)16-1-6-20(7-2-16)33-21-11-12-30-15-21/h1-2,4-8,10,13-14,21,30H,3,9,11-12,15H2,(H,31,32). The predicted molar refractivity (Wildman–Crippen MR) is 132 cm³/mol. The van der Waals surface area contributed by atoms with Crippen molar-refractivity contribution in [2.24, 2.45) is 0 Å². The van der Waals surface area contributed by atoms with Gasteiger partial charge in [0.2, 0.25) is 0 Å². The summed E-state index contributed by atoms with van der Waals surface area (Å²) in [7, 11) is 0. The van der Waals surface area contributed by atoms with E-state index in [4.69, 9.17) is 27.9 Å². The molecule has 1 atom stereocenters. The molecule has 1 aliphatic heterocycles. The molecule has 5 rings (SSSR count). The van der Waals surface area contributed by atoms with Gasteiger partial charge in [0.1, 0.15) is 11.9 Å². The molecule has 168 valence electrons. The first-order chi connectivity index (χ1) is 16.0. The monoisotopic (exact) mass is 479 g/mol. The highest BCUT2D eigenvalue weighted by Crippen LogP contribution is 2.43.